The van der Waals surface area contributed by atoms with Crippen molar-refractivity contribution in [1.82, 2.24) is 0 Å². The maximum absolute atomic E-state index is 12.8. The molecular weight excluding hydrogens is 350 g/mol. The van der Waals surface area contributed by atoms with E-state index >= 15 is 0 Å². The third-order valence-corrected chi connectivity index (χ3v) is 5.92. The van der Waals surface area contributed by atoms with Gasteiger partial charge in [-0.1, -0.05) is 15.9 Å². The summed E-state index contributed by atoms with van der Waals surface area (Å²) < 4.78 is 6.93. The summed E-state index contributed by atoms with van der Waals surface area (Å²) in [6.45, 7) is 0.699. The summed E-state index contributed by atoms with van der Waals surface area (Å²) in [7, 11) is 0. The smallest absolute Gasteiger partial charge is 0.166 e. The molecular formula is C16H20BrNO2S. The van der Waals surface area contributed by atoms with Gasteiger partial charge >= 0.3 is 0 Å². The van der Waals surface area contributed by atoms with E-state index in [-0.39, 0.29) is 17.3 Å². The van der Waals surface area contributed by atoms with E-state index in [2.05, 4.69) is 15.9 Å². The van der Waals surface area contributed by atoms with Gasteiger partial charge in [-0.2, -0.15) is 11.8 Å². The molecule has 1 spiro atoms. The molecule has 2 saturated heterocycles. The van der Waals surface area contributed by atoms with Crippen LogP contribution in [0.25, 0.3) is 0 Å². The van der Waals surface area contributed by atoms with Gasteiger partial charge in [-0.15, -0.1) is 0 Å². The number of halogens is 1. The Morgan fingerprint density at radius 2 is 2.10 bits per heavy atom. The predicted molar refractivity (Wildman–Crippen MR) is 90.9 cm³/mol. The number of ketones is 1. The zero-order chi connectivity index (χ0) is 14.9. The Morgan fingerprint density at radius 1 is 1.33 bits per heavy atom. The van der Waals surface area contributed by atoms with E-state index in [1.165, 1.54) is 0 Å². The van der Waals surface area contributed by atoms with E-state index < -0.39 is 0 Å². The van der Waals surface area contributed by atoms with E-state index in [1.54, 1.807) is 6.07 Å². The van der Waals surface area contributed by atoms with Crippen LogP contribution >= 0.6 is 27.7 Å². The number of thioether (sulfide) groups is 1. The number of rotatable bonds is 2. The Balaban J connectivity index is 1.77. The van der Waals surface area contributed by atoms with Crippen molar-refractivity contribution in [1.29, 1.82) is 0 Å². The molecule has 2 heterocycles. The third-order valence-electron chi connectivity index (χ3n) is 4.47. The van der Waals surface area contributed by atoms with Gasteiger partial charge in [0.05, 0.1) is 5.60 Å². The van der Waals surface area contributed by atoms with E-state index in [1.807, 2.05) is 23.9 Å². The van der Waals surface area contributed by atoms with Gasteiger partial charge in [-0.3, -0.25) is 4.79 Å². The van der Waals surface area contributed by atoms with Gasteiger partial charge < -0.3 is 10.5 Å². The van der Waals surface area contributed by atoms with Gasteiger partial charge in [-0.05, 0) is 55.4 Å². The number of anilines is 1. The molecule has 2 N–H and O–H groups in total. The highest BCUT2D eigenvalue weighted by atomic mass is 79.9. The molecule has 21 heavy (non-hydrogen) atoms. The Hall–Kier alpha value is -0.520. The van der Waals surface area contributed by atoms with E-state index in [4.69, 9.17) is 10.5 Å². The second-order valence-corrected chi connectivity index (χ2v) is 8.11. The summed E-state index contributed by atoms with van der Waals surface area (Å²) in [6.07, 6.45) is 3.82. The summed E-state index contributed by atoms with van der Waals surface area (Å²) in [5.74, 6) is 2.56. The highest BCUT2D eigenvalue weighted by Crippen LogP contribution is 2.40. The fourth-order valence-electron chi connectivity index (χ4n) is 3.33. The first kappa shape index (κ1) is 15.4. The molecule has 0 saturated carbocycles. The Labute approximate surface area is 138 Å². The predicted octanol–water partition coefficient (Wildman–Crippen LogP) is 3.91. The van der Waals surface area contributed by atoms with Crippen LogP contribution in [0.5, 0.6) is 0 Å². The van der Waals surface area contributed by atoms with Gasteiger partial charge in [-0.25, -0.2) is 0 Å². The second-order valence-electron chi connectivity index (χ2n) is 5.97. The zero-order valence-electron chi connectivity index (χ0n) is 11.9. The summed E-state index contributed by atoms with van der Waals surface area (Å²) >= 11 is 5.40. The first-order valence-electron chi connectivity index (χ1n) is 7.40. The highest BCUT2D eigenvalue weighted by Gasteiger charge is 2.41. The summed E-state index contributed by atoms with van der Waals surface area (Å²) in [5.41, 5.74) is 7.14. The number of ether oxygens (including phenoxy) is 1. The Morgan fingerprint density at radius 3 is 2.81 bits per heavy atom. The van der Waals surface area contributed by atoms with E-state index in [0.29, 0.717) is 17.9 Å². The van der Waals surface area contributed by atoms with Gasteiger partial charge in [0.25, 0.3) is 0 Å². The quantitative estimate of drug-likeness (QED) is 0.634. The van der Waals surface area contributed by atoms with Crippen LogP contribution in [0.15, 0.2) is 22.7 Å². The first-order chi connectivity index (χ1) is 10.1. The molecule has 3 rings (SSSR count). The van der Waals surface area contributed by atoms with Crippen LogP contribution in [-0.4, -0.2) is 29.5 Å². The molecule has 0 aliphatic carbocycles. The van der Waals surface area contributed by atoms with Gasteiger partial charge in [0.1, 0.15) is 0 Å². The molecule has 0 radical (unpaired) electrons. The number of hydrogen-bond donors (Lipinski definition) is 1. The second kappa shape index (κ2) is 6.31. The standard InChI is InChI=1S/C16H20BrNO2S/c17-13-7-12(8-14(18)9-13)15(19)11-1-4-20-16(10-11)2-5-21-6-3-16/h7-9,11H,1-6,10,18H2. The van der Waals surface area contributed by atoms with Gasteiger partial charge in [0.15, 0.2) is 5.78 Å². The van der Waals surface area contributed by atoms with Gasteiger partial charge in [0.2, 0.25) is 0 Å². The van der Waals surface area contributed by atoms with Crippen molar-refractivity contribution in [2.24, 2.45) is 5.92 Å². The SMILES string of the molecule is Nc1cc(Br)cc(C(=O)C2CCOC3(CCSCC3)C2)c1. The minimum Gasteiger partial charge on any atom is -0.399 e. The lowest BCUT2D eigenvalue weighted by Crippen LogP contribution is -2.44. The number of Topliss-reactive ketones (excluding diaryl/α,β-unsaturated/α-hetero) is 1. The fourth-order valence-corrected chi connectivity index (χ4v) is 5.08. The van der Waals surface area contributed by atoms with Crippen molar-refractivity contribution in [3.63, 3.8) is 0 Å². The topological polar surface area (TPSA) is 52.3 Å². The average Bonchev–Trinajstić information content (AvgIpc) is 2.46. The summed E-state index contributed by atoms with van der Waals surface area (Å²) in [5, 5.41) is 0. The van der Waals surface area contributed by atoms with Crippen LogP contribution in [0.2, 0.25) is 0 Å². The van der Waals surface area contributed by atoms with Crippen LogP contribution in [0.4, 0.5) is 5.69 Å². The van der Waals surface area contributed by atoms with Crippen LogP contribution in [0.3, 0.4) is 0 Å². The molecule has 1 unspecified atom stereocenters. The first-order valence-corrected chi connectivity index (χ1v) is 9.35. The number of carbonyl (C=O) groups excluding carboxylic acids is 1. The number of nitrogens with two attached hydrogens (primary N) is 1. The van der Waals surface area contributed by atoms with Crippen molar-refractivity contribution in [2.75, 3.05) is 23.8 Å². The highest BCUT2D eigenvalue weighted by molar-refractivity contribution is 9.10. The molecule has 2 aliphatic heterocycles. The largest absolute Gasteiger partial charge is 0.399 e. The Bertz CT molecular complexity index is 517. The molecule has 1 atom stereocenters. The van der Waals surface area contributed by atoms with Crippen molar-refractivity contribution >= 4 is 39.2 Å². The molecule has 5 heteroatoms. The van der Waals surface area contributed by atoms with Crippen LogP contribution in [-0.2, 0) is 4.74 Å². The van der Waals surface area contributed by atoms with Crippen LogP contribution < -0.4 is 5.73 Å². The Kier molecular flexibility index (Phi) is 4.62. The third kappa shape index (κ3) is 3.46. The molecule has 0 bridgehead atoms. The molecule has 0 amide bonds. The van der Waals surface area contributed by atoms with Crippen molar-refractivity contribution < 1.29 is 9.53 Å². The zero-order valence-corrected chi connectivity index (χ0v) is 14.3. The van der Waals surface area contributed by atoms with Crippen LogP contribution in [0.1, 0.15) is 36.0 Å². The van der Waals surface area contributed by atoms with Crippen molar-refractivity contribution in [3.8, 4) is 0 Å². The van der Waals surface area contributed by atoms with Crippen molar-refractivity contribution in [3.05, 3.63) is 28.2 Å². The number of carbonyl (C=O) groups is 1. The molecule has 1 aromatic rings. The molecule has 0 aromatic heterocycles. The van der Waals surface area contributed by atoms with Crippen LogP contribution in [0, 0.1) is 5.92 Å². The lowest BCUT2D eigenvalue weighted by Gasteiger charge is -2.42. The monoisotopic (exact) mass is 369 g/mol. The number of hydrogen-bond acceptors (Lipinski definition) is 4. The lowest BCUT2D eigenvalue weighted by molar-refractivity contribution is -0.0959. The fraction of sp³-hybridized carbons (Fsp3) is 0.562. The molecule has 1 aromatic carbocycles. The normalized spacial score (nSPS) is 24.9. The maximum Gasteiger partial charge on any atom is 0.166 e. The number of nitrogen functional groups attached to an aromatic ring is 1. The summed E-state index contributed by atoms with van der Waals surface area (Å²) in [4.78, 5) is 12.8. The lowest BCUT2D eigenvalue weighted by atomic mass is 9.79. The van der Waals surface area contributed by atoms with Crippen molar-refractivity contribution in [2.45, 2.75) is 31.3 Å². The molecule has 114 valence electrons. The average molecular weight is 370 g/mol. The maximum atomic E-state index is 12.8. The molecule has 2 aliphatic rings. The molecule has 2 fully saturated rings. The molecule has 3 nitrogen and oxygen atoms in total. The summed E-state index contributed by atoms with van der Waals surface area (Å²) in [6, 6.07) is 5.48. The number of benzene rings is 1. The van der Waals surface area contributed by atoms with E-state index in [9.17, 15) is 4.79 Å². The van der Waals surface area contributed by atoms with Gasteiger partial charge in [0, 0.05) is 28.2 Å². The minimum atomic E-state index is -0.0542. The van der Waals surface area contributed by atoms with E-state index in [0.717, 1.165) is 41.7 Å². The minimum absolute atomic E-state index is 0.0542.